The summed E-state index contributed by atoms with van der Waals surface area (Å²) >= 11 is 0. The van der Waals surface area contributed by atoms with Gasteiger partial charge in [0.25, 0.3) is 5.56 Å². The van der Waals surface area contributed by atoms with Crippen LogP contribution in [-0.2, 0) is 4.74 Å². The fraction of sp³-hybridized carbons (Fsp3) is 0.533. The van der Waals surface area contributed by atoms with Gasteiger partial charge in [-0.15, -0.1) is 0 Å². The molecule has 12 nitrogen and oxygen atoms in total. The zero-order chi connectivity index (χ0) is 19.9. The number of ether oxygens (including phenoxy) is 1. The summed E-state index contributed by atoms with van der Waals surface area (Å²) in [4.78, 5) is 40.1. The van der Waals surface area contributed by atoms with Crippen molar-refractivity contribution in [2.75, 3.05) is 6.61 Å². The Morgan fingerprint density at radius 3 is 2.70 bits per heavy atom. The van der Waals surface area contributed by atoms with Gasteiger partial charge in [-0.3, -0.25) is 14.3 Å². The smallest absolute Gasteiger partial charge is 0.381 e. The minimum absolute atomic E-state index is 0.168. The number of H-pyrrole nitrogens is 1. The van der Waals surface area contributed by atoms with Crippen LogP contribution in [0.1, 0.15) is 30.1 Å². The molecule has 1 fully saturated rings. The molecule has 0 aromatic carbocycles. The van der Waals surface area contributed by atoms with E-state index in [1.807, 2.05) is 0 Å². The van der Waals surface area contributed by atoms with E-state index in [-0.39, 0.29) is 12.2 Å². The summed E-state index contributed by atoms with van der Waals surface area (Å²) in [6.45, 7) is 2.51. The van der Waals surface area contributed by atoms with E-state index in [2.05, 4.69) is 9.97 Å². The normalized spacial score (nSPS) is 23.5. The van der Waals surface area contributed by atoms with E-state index in [0.29, 0.717) is 11.4 Å². The number of aliphatic hydroxyl groups excluding tert-OH is 2. The maximum Gasteiger partial charge on any atom is 0.381 e. The molecule has 1 saturated heterocycles. The van der Waals surface area contributed by atoms with Crippen LogP contribution in [0.15, 0.2) is 22.0 Å². The molecule has 0 bridgehead atoms. The van der Waals surface area contributed by atoms with Gasteiger partial charge in [-0.1, -0.05) is 0 Å². The highest BCUT2D eigenvalue weighted by Crippen LogP contribution is 2.39. The second kappa shape index (κ2) is 7.06. The van der Waals surface area contributed by atoms with Crippen LogP contribution in [0.3, 0.4) is 0 Å². The van der Waals surface area contributed by atoms with E-state index in [0.717, 1.165) is 0 Å². The fourth-order valence-corrected chi connectivity index (χ4v) is 3.26. The number of nitro groups is 1. The van der Waals surface area contributed by atoms with Gasteiger partial charge in [-0.25, -0.2) is 4.79 Å². The van der Waals surface area contributed by atoms with Crippen LogP contribution in [0.25, 0.3) is 0 Å². The fourth-order valence-electron chi connectivity index (χ4n) is 3.26. The molecule has 0 radical (unpaired) electrons. The molecule has 3 heterocycles. The van der Waals surface area contributed by atoms with Crippen molar-refractivity contribution in [1.82, 2.24) is 19.1 Å². The van der Waals surface area contributed by atoms with Crippen LogP contribution < -0.4 is 11.2 Å². The number of nitrogens with one attached hydrogen (secondary N) is 1. The molecule has 27 heavy (non-hydrogen) atoms. The Morgan fingerprint density at radius 2 is 2.11 bits per heavy atom. The summed E-state index contributed by atoms with van der Waals surface area (Å²) in [5.41, 5.74) is -0.893. The van der Waals surface area contributed by atoms with Gasteiger partial charge in [0.1, 0.15) is 24.6 Å². The van der Waals surface area contributed by atoms with E-state index in [9.17, 15) is 29.9 Å². The number of hydrogen-bond donors (Lipinski definition) is 3. The van der Waals surface area contributed by atoms with Crippen LogP contribution in [0.5, 0.6) is 0 Å². The van der Waals surface area contributed by atoms with Crippen molar-refractivity contribution < 1.29 is 19.9 Å². The molecule has 2 aromatic rings. The number of rotatable bonds is 5. The van der Waals surface area contributed by atoms with E-state index in [1.54, 1.807) is 6.92 Å². The third-order valence-corrected chi connectivity index (χ3v) is 4.61. The van der Waals surface area contributed by atoms with E-state index in [4.69, 9.17) is 4.74 Å². The molecule has 146 valence electrons. The highest BCUT2D eigenvalue weighted by Gasteiger charge is 2.43. The first kappa shape index (κ1) is 18.9. The number of nitrogens with zero attached hydrogens (tertiary/aromatic N) is 4. The Kier molecular flexibility index (Phi) is 4.95. The van der Waals surface area contributed by atoms with Gasteiger partial charge >= 0.3 is 11.5 Å². The predicted octanol–water partition coefficient (Wildman–Crippen LogP) is -0.860. The first-order valence-electron chi connectivity index (χ1n) is 8.19. The van der Waals surface area contributed by atoms with Crippen molar-refractivity contribution in [3.8, 4) is 0 Å². The molecule has 4 atom stereocenters. The Labute approximate surface area is 151 Å². The third-order valence-electron chi connectivity index (χ3n) is 4.61. The minimum Gasteiger partial charge on any atom is -0.394 e. The highest BCUT2D eigenvalue weighted by atomic mass is 16.6. The Bertz CT molecular complexity index is 978. The third kappa shape index (κ3) is 3.41. The summed E-state index contributed by atoms with van der Waals surface area (Å²) < 4.78 is 8.46. The van der Waals surface area contributed by atoms with Crippen molar-refractivity contribution in [1.29, 1.82) is 0 Å². The van der Waals surface area contributed by atoms with E-state index in [1.165, 1.54) is 28.5 Å². The summed E-state index contributed by atoms with van der Waals surface area (Å²) in [7, 11) is 0. The predicted molar refractivity (Wildman–Crippen MR) is 90.3 cm³/mol. The van der Waals surface area contributed by atoms with E-state index < -0.39 is 47.3 Å². The van der Waals surface area contributed by atoms with Crippen molar-refractivity contribution >= 4 is 5.82 Å². The first-order valence-corrected chi connectivity index (χ1v) is 8.19. The molecule has 3 N–H and O–H groups in total. The van der Waals surface area contributed by atoms with Gasteiger partial charge < -0.3 is 29.6 Å². The standard InChI is InChI=1S/C15H19N5O7/c1-7-4-19(15(24)17-14(7)23)12-3-9(13(27-12)10(22)6-21)18-5-11(20(25)26)16-8(18)2/h4-5,9-10,12-13,21-22H,3,6H2,1-2H3,(H,17,23,24)/t9-,10?,12-,13-/m0/s1. The summed E-state index contributed by atoms with van der Waals surface area (Å²) in [5, 5.41) is 30.5. The number of imidazole rings is 1. The largest absolute Gasteiger partial charge is 0.394 e. The highest BCUT2D eigenvalue weighted by molar-refractivity contribution is 5.18. The van der Waals surface area contributed by atoms with Crippen molar-refractivity contribution in [2.45, 2.75) is 44.7 Å². The molecule has 3 rings (SSSR count). The maximum absolute atomic E-state index is 12.1. The van der Waals surface area contributed by atoms with Crippen LogP contribution in [0.2, 0.25) is 0 Å². The lowest BCUT2D eigenvalue weighted by atomic mass is 10.0. The number of aromatic amines is 1. The maximum atomic E-state index is 12.1. The van der Waals surface area contributed by atoms with Crippen molar-refractivity contribution in [3.63, 3.8) is 0 Å². The average molecular weight is 381 g/mol. The lowest BCUT2D eigenvalue weighted by molar-refractivity contribution is -0.389. The molecular weight excluding hydrogens is 362 g/mol. The molecule has 0 saturated carbocycles. The average Bonchev–Trinajstić information content (AvgIpc) is 3.21. The monoisotopic (exact) mass is 381 g/mol. The Balaban J connectivity index is 2.01. The number of hydrogen-bond acceptors (Lipinski definition) is 8. The number of aryl methyl sites for hydroxylation is 2. The quantitative estimate of drug-likeness (QED) is 0.444. The molecule has 0 aliphatic carbocycles. The van der Waals surface area contributed by atoms with Crippen LogP contribution in [-0.4, -0.2) is 53.1 Å². The SMILES string of the molecule is Cc1cn([C@@H]2C[C@H](n3cc([N+](=O)[O-])nc3C)[C@@H](C(O)CO)O2)c(=O)[nH]c1=O. The van der Waals surface area contributed by atoms with Crippen LogP contribution in [0.4, 0.5) is 5.82 Å². The molecule has 0 amide bonds. The topological polar surface area (TPSA) is 166 Å². The van der Waals surface area contributed by atoms with E-state index >= 15 is 0 Å². The Morgan fingerprint density at radius 1 is 1.41 bits per heavy atom. The van der Waals surface area contributed by atoms with Gasteiger partial charge in [0, 0.05) is 25.1 Å². The van der Waals surface area contributed by atoms with Gasteiger partial charge in [0.05, 0.1) is 12.6 Å². The first-order chi connectivity index (χ1) is 12.7. The second-order valence-corrected chi connectivity index (χ2v) is 6.40. The Hall–Kier alpha value is -2.83. The zero-order valence-corrected chi connectivity index (χ0v) is 14.6. The van der Waals surface area contributed by atoms with Gasteiger partial charge in [-0.05, 0) is 16.8 Å². The van der Waals surface area contributed by atoms with Gasteiger partial charge in [0.2, 0.25) is 5.82 Å². The molecular formula is C15H19N5O7. The van der Waals surface area contributed by atoms with Crippen LogP contribution >= 0.6 is 0 Å². The summed E-state index contributed by atoms with van der Waals surface area (Å²) in [6, 6.07) is -0.613. The minimum atomic E-state index is -1.28. The molecule has 12 heteroatoms. The molecule has 0 spiro atoms. The van der Waals surface area contributed by atoms with Gasteiger partial charge in [0.15, 0.2) is 0 Å². The summed E-state index contributed by atoms with van der Waals surface area (Å²) in [5.74, 6) is -0.0265. The number of aromatic nitrogens is 4. The molecule has 2 aromatic heterocycles. The summed E-state index contributed by atoms with van der Waals surface area (Å²) in [6.07, 6.45) is -0.317. The second-order valence-electron chi connectivity index (χ2n) is 6.40. The van der Waals surface area contributed by atoms with Crippen molar-refractivity contribution in [2.24, 2.45) is 0 Å². The molecule has 1 unspecified atom stereocenters. The zero-order valence-electron chi connectivity index (χ0n) is 14.6. The van der Waals surface area contributed by atoms with Gasteiger partial charge in [-0.2, -0.15) is 0 Å². The lowest BCUT2D eigenvalue weighted by Crippen LogP contribution is -2.36. The molecule has 1 aliphatic rings. The molecule has 1 aliphatic heterocycles. The lowest BCUT2D eigenvalue weighted by Gasteiger charge is -2.23. The van der Waals surface area contributed by atoms with Crippen molar-refractivity contribution in [3.05, 3.63) is 54.7 Å². The number of aliphatic hydroxyl groups is 2. The van der Waals surface area contributed by atoms with Crippen LogP contribution in [0, 0.1) is 24.0 Å².